The molecule has 0 radical (unpaired) electrons. The summed E-state index contributed by atoms with van der Waals surface area (Å²) in [4.78, 5) is 32.2. The molecule has 0 bridgehead atoms. The van der Waals surface area contributed by atoms with Crippen LogP contribution >= 0.6 is 35.1 Å². The molecule has 9 nitrogen and oxygen atoms in total. The van der Waals surface area contributed by atoms with Crippen LogP contribution in [0.3, 0.4) is 0 Å². The highest BCUT2D eigenvalue weighted by molar-refractivity contribution is 8.03. The van der Waals surface area contributed by atoms with Crippen molar-refractivity contribution in [3.8, 4) is 0 Å². The maximum Gasteiger partial charge on any atom is 0.352 e. The lowest BCUT2D eigenvalue weighted by Gasteiger charge is -2.51. The summed E-state index contributed by atoms with van der Waals surface area (Å²) in [5.74, 6) is -0.741. The van der Waals surface area contributed by atoms with E-state index in [1.807, 2.05) is 0 Å². The number of carboxylic acid groups (broad SMARTS) is 1. The van der Waals surface area contributed by atoms with Gasteiger partial charge in [-0.25, -0.2) is 4.79 Å². The highest BCUT2D eigenvalue weighted by Gasteiger charge is 2.57. The third-order valence-electron chi connectivity index (χ3n) is 4.27. The van der Waals surface area contributed by atoms with Crippen molar-refractivity contribution in [1.29, 1.82) is 0 Å². The second kappa shape index (κ2) is 7.59. The molecule has 1 saturated heterocycles. The van der Waals surface area contributed by atoms with Gasteiger partial charge < -0.3 is 26.3 Å². The molecule has 3 heterocycles. The van der Waals surface area contributed by atoms with Crippen molar-refractivity contribution in [2.45, 2.75) is 11.4 Å². The first-order chi connectivity index (χ1) is 12.4. The fourth-order valence-corrected chi connectivity index (χ4v) is 5.57. The van der Waals surface area contributed by atoms with Gasteiger partial charge in [-0.3, -0.25) is 9.69 Å². The lowest BCUT2D eigenvalue weighted by atomic mass is 9.87. The van der Waals surface area contributed by atoms with Crippen LogP contribution in [0.1, 0.15) is 0 Å². The molecule has 26 heavy (non-hydrogen) atoms. The number of oxime groups is 1. The molecule has 142 valence electrons. The van der Waals surface area contributed by atoms with Gasteiger partial charge in [-0.05, 0) is 5.57 Å². The molecule has 3 atom stereocenters. The number of aliphatic carboxylic acids is 1. The zero-order valence-corrected chi connectivity index (χ0v) is 16.2. The lowest BCUT2D eigenvalue weighted by molar-refractivity contribution is -0.152. The maximum absolute atomic E-state index is 12.7. The standard InChI is InChI=1S/C14H18ClN5O4S2/c1-24-18-11(19-3-7(16)26-5-19)9(17)8-12(21)20-10(14(22)23)6(2-15)4-25-13(8)20/h3,8-9,13H,2,4-5,16-17H2,1H3,(H,22,23)/b18-11-. The van der Waals surface area contributed by atoms with Crippen LogP contribution in [0.5, 0.6) is 0 Å². The molecule has 3 unspecified atom stereocenters. The van der Waals surface area contributed by atoms with Crippen molar-refractivity contribution >= 4 is 52.8 Å². The van der Waals surface area contributed by atoms with Gasteiger partial charge in [0.25, 0.3) is 0 Å². The van der Waals surface area contributed by atoms with Crippen molar-refractivity contribution in [2.24, 2.45) is 22.5 Å². The smallest absolute Gasteiger partial charge is 0.352 e. The van der Waals surface area contributed by atoms with Crippen LogP contribution in [0, 0.1) is 5.92 Å². The molecular formula is C14H18ClN5O4S2. The minimum atomic E-state index is -1.16. The zero-order chi connectivity index (χ0) is 19.0. The first-order valence-electron chi connectivity index (χ1n) is 7.60. The molecule has 0 aromatic rings. The highest BCUT2D eigenvalue weighted by Crippen LogP contribution is 2.45. The van der Waals surface area contributed by atoms with Crippen LogP contribution in [0.15, 0.2) is 27.7 Å². The van der Waals surface area contributed by atoms with Crippen LogP contribution in [-0.4, -0.2) is 68.7 Å². The van der Waals surface area contributed by atoms with E-state index in [9.17, 15) is 14.7 Å². The largest absolute Gasteiger partial charge is 0.477 e. The van der Waals surface area contributed by atoms with Gasteiger partial charge in [-0.1, -0.05) is 16.9 Å². The lowest BCUT2D eigenvalue weighted by Crippen LogP contribution is -2.68. The number of hydrogen-bond acceptors (Lipinski definition) is 8. The second-order valence-electron chi connectivity index (χ2n) is 5.76. The Bertz CT molecular complexity index is 728. The monoisotopic (exact) mass is 419 g/mol. The molecule has 3 aliphatic heterocycles. The van der Waals surface area contributed by atoms with E-state index >= 15 is 0 Å². The van der Waals surface area contributed by atoms with Crippen molar-refractivity contribution in [3.63, 3.8) is 0 Å². The summed E-state index contributed by atoms with van der Waals surface area (Å²) in [6, 6.07) is -0.758. The Kier molecular flexibility index (Phi) is 5.61. The van der Waals surface area contributed by atoms with E-state index < -0.39 is 17.9 Å². The van der Waals surface area contributed by atoms with E-state index in [0.29, 0.717) is 28.1 Å². The Labute approximate surface area is 163 Å². The third-order valence-corrected chi connectivity index (χ3v) is 6.80. The summed E-state index contributed by atoms with van der Waals surface area (Å²) in [7, 11) is 1.39. The van der Waals surface area contributed by atoms with Crippen LogP contribution in [-0.2, 0) is 14.4 Å². The maximum atomic E-state index is 12.7. The van der Waals surface area contributed by atoms with Gasteiger partial charge in [0, 0.05) is 17.8 Å². The molecule has 5 N–H and O–H groups in total. The highest BCUT2D eigenvalue weighted by atomic mass is 35.5. The molecule has 1 fully saturated rings. The Morgan fingerprint density at radius 1 is 1.62 bits per heavy atom. The van der Waals surface area contributed by atoms with Gasteiger partial charge >= 0.3 is 5.97 Å². The molecule has 0 aromatic carbocycles. The van der Waals surface area contributed by atoms with E-state index in [2.05, 4.69) is 5.16 Å². The van der Waals surface area contributed by atoms with Crippen molar-refractivity contribution in [3.05, 3.63) is 22.5 Å². The molecule has 1 amide bonds. The predicted molar refractivity (Wildman–Crippen MR) is 101 cm³/mol. The number of carbonyl (C=O) groups excluding carboxylic acids is 1. The molecule has 0 aliphatic carbocycles. The number of nitrogens with two attached hydrogens (primary N) is 2. The number of amides is 1. The summed E-state index contributed by atoms with van der Waals surface area (Å²) >= 11 is 8.70. The molecule has 12 heteroatoms. The average molecular weight is 420 g/mol. The first kappa shape index (κ1) is 19.2. The minimum absolute atomic E-state index is 0.0386. The van der Waals surface area contributed by atoms with Crippen LogP contribution in [0.4, 0.5) is 0 Å². The van der Waals surface area contributed by atoms with Gasteiger partial charge in [-0.2, -0.15) is 0 Å². The molecule has 0 spiro atoms. The number of fused-ring (bicyclic) bond motifs is 1. The number of nitrogens with zero attached hydrogens (tertiary/aromatic N) is 3. The number of halogens is 1. The van der Waals surface area contributed by atoms with Crippen LogP contribution in [0.25, 0.3) is 0 Å². The van der Waals surface area contributed by atoms with E-state index in [0.717, 1.165) is 0 Å². The molecule has 0 aromatic heterocycles. The fourth-order valence-electron chi connectivity index (χ4n) is 3.08. The second-order valence-corrected chi connectivity index (χ2v) is 8.15. The van der Waals surface area contributed by atoms with E-state index in [1.54, 1.807) is 11.1 Å². The molecule has 0 saturated carbocycles. The van der Waals surface area contributed by atoms with Crippen molar-refractivity contribution < 1.29 is 19.5 Å². The number of β-lactam (4-membered cyclic amide) rings is 1. The first-order valence-corrected chi connectivity index (χ1v) is 10.2. The molecular weight excluding hydrogens is 402 g/mol. The minimum Gasteiger partial charge on any atom is -0.477 e. The number of carbonyl (C=O) groups is 2. The molecule has 3 rings (SSSR count). The number of thioether (sulfide) groups is 2. The van der Waals surface area contributed by atoms with Gasteiger partial charge in [0.1, 0.15) is 12.8 Å². The van der Waals surface area contributed by atoms with Gasteiger partial charge in [0.2, 0.25) is 5.91 Å². The average Bonchev–Trinajstić information content (AvgIpc) is 3.03. The Balaban J connectivity index is 1.85. The summed E-state index contributed by atoms with van der Waals surface area (Å²) in [6.07, 6.45) is 1.69. The molecule has 3 aliphatic rings. The quantitative estimate of drug-likeness (QED) is 0.187. The summed E-state index contributed by atoms with van der Waals surface area (Å²) in [6.45, 7) is 0. The van der Waals surface area contributed by atoms with Gasteiger partial charge in [-0.15, -0.1) is 23.4 Å². The Morgan fingerprint density at radius 3 is 2.88 bits per heavy atom. The van der Waals surface area contributed by atoms with Gasteiger partial charge in [0.15, 0.2) is 5.84 Å². The van der Waals surface area contributed by atoms with Gasteiger partial charge in [0.05, 0.1) is 28.2 Å². The Morgan fingerprint density at radius 2 is 2.35 bits per heavy atom. The summed E-state index contributed by atoms with van der Waals surface area (Å²) < 4.78 is 0. The topological polar surface area (TPSA) is 134 Å². The fraction of sp³-hybridized carbons (Fsp3) is 0.500. The van der Waals surface area contributed by atoms with E-state index in [-0.39, 0.29) is 22.9 Å². The summed E-state index contributed by atoms with van der Waals surface area (Å²) in [5, 5.41) is 13.7. The van der Waals surface area contributed by atoms with Crippen molar-refractivity contribution in [1.82, 2.24) is 9.80 Å². The normalized spacial score (nSPS) is 27.1. The van der Waals surface area contributed by atoms with E-state index in [1.165, 1.54) is 35.5 Å². The number of rotatable bonds is 5. The number of hydrogen-bond donors (Lipinski definition) is 3. The zero-order valence-electron chi connectivity index (χ0n) is 13.8. The Hall–Kier alpha value is -1.56. The van der Waals surface area contributed by atoms with Crippen LogP contribution in [0.2, 0.25) is 0 Å². The third kappa shape index (κ3) is 3.13. The SMILES string of the molecule is CO/N=C(/C(N)C1C(=O)N2C(C(=O)O)=C(CCl)CSC12)N1C=C(N)SC1. The number of amidine groups is 1. The van der Waals surface area contributed by atoms with E-state index in [4.69, 9.17) is 27.9 Å². The van der Waals surface area contributed by atoms with Crippen molar-refractivity contribution in [2.75, 3.05) is 24.6 Å². The number of alkyl halides is 1. The number of carboxylic acids is 1. The predicted octanol–water partition coefficient (Wildman–Crippen LogP) is 0.146. The van der Waals surface area contributed by atoms with Crippen LogP contribution < -0.4 is 11.5 Å². The summed E-state index contributed by atoms with van der Waals surface area (Å²) in [5.41, 5.74) is 12.6.